The molecule has 114 valence electrons. The number of rotatable bonds is 7. The molecule has 1 rings (SSSR count). The van der Waals surface area contributed by atoms with Gasteiger partial charge in [-0.25, -0.2) is 0 Å². The average molecular weight is 290 g/mol. The van der Waals surface area contributed by atoms with Gasteiger partial charge < -0.3 is 15.2 Å². The zero-order valence-electron chi connectivity index (χ0n) is 12.6. The smallest absolute Gasteiger partial charge is 0.252 e. The predicted molar refractivity (Wildman–Crippen MR) is 80.8 cm³/mol. The first kappa shape index (κ1) is 17.2. The quantitative estimate of drug-likeness (QED) is 0.585. The van der Waals surface area contributed by atoms with Crippen LogP contribution >= 0.6 is 0 Å². The summed E-state index contributed by atoms with van der Waals surface area (Å²) in [6, 6.07) is 1.62. The fourth-order valence-electron chi connectivity index (χ4n) is 1.62. The number of hydrogen-bond acceptors (Lipinski definition) is 4. The molecule has 0 atom stereocenters. The topological polar surface area (TPSA) is 71.5 Å². The molecule has 1 heterocycles. The van der Waals surface area contributed by atoms with Crippen molar-refractivity contribution in [2.75, 3.05) is 26.4 Å². The van der Waals surface area contributed by atoms with E-state index < -0.39 is 0 Å². The zero-order valence-corrected chi connectivity index (χ0v) is 12.6. The van der Waals surface area contributed by atoms with Gasteiger partial charge in [0.25, 0.3) is 5.91 Å². The van der Waals surface area contributed by atoms with Gasteiger partial charge in [-0.05, 0) is 18.4 Å². The maximum Gasteiger partial charge on any atom is 0.252 e. The largest absolute Gasteiger partial charge is 0.384 e. The maximum absolute atomic E-state index is 12.1. The molecule has 5 heteroatoms. The van der Waals surface area contributed by atoms with Crippen LogP contribution < -0.4 is 5.32 Å². The van der Waals surface area contributed by atoms with Gasteiger partial charge >= 0.3 is 0 Å². The molecule has 0 fully saturated rings. The molecule has 0 aliphatic heterocycles. The molecular weight excluding hydrogens is 268 g/mol. The second kappa shape index (κ2) is 9.92. The maximum atomic E-state index is 12.1. The molecule has 1 aromatic rings. The Hall–Kier alpha value is -1.90. The van der Waals surface area contributed by atoms with Crippen LogP contribution in [0.5, 0.6) is 0 Å². The Morgan fingerprint density at radius 3 is 3.05 bits per heavy atom. The Morgan fingerprint density at radius 1 is 1.52 bits per heavy atom. The highest BCUT2D eigenvalue weighted by Gasteiger charge is 2.09. The molecule has 0 unspecified atom stereocenters. The SMILES string of the molecule is CC(C)COCCCNC(=O)c1ccncc1C#CCO. The number of carbonyl (C=O) groups is 1. The van der Waals surface area contributed by atoms with E-state index >= 15 is 0 Å². The number of carbonyl (C=O) groups excluding carboxylic acids is 1. The lowest BCUT2D eigenvalue weighted by atomic mass is 10.1. The molecule has 5 nitrogen and oxygen atoms in total. The number of nitrogens with one attached hydrogen (secondary N) is 1. The number of ether oxygens (including phenoxy) is 1. The monoisotopic (exact) mass is 290 g/mol. The standard InChI is InChI=1S/C16H22N2O3/c1-13(2)12-21-10-4-7-18-16(20)15-6-8-17-11-14(15)5-3-9-19/h6,8,11,13,19H,4,7,9-10,12H2,1-2H3,(H,18,20). The Morgan fingerprint density at radius 2 is 2.33 bits per heavy atom. The minimum absolute atomic E-state index is 0.191. The Kier molecular flexibility index (Phi) is 8.10. The van der Waals surface area contributed by atoms with Crippen molar-refractivity contribution in [2.24, 2.45) is 5.92 Å². The number of pyridine rings is 1. The summed E-state index contributed by atoms with van der Waals surface area (Å²) in [5.41, 5.74) is 0.981. The number of nitrogens with zero attached hydrogens (tertiary/aromatic N) is 1. The molecule has 0 radical (unpaired) electrons. The summed E-state index contributed by atoms with van der Waals surface area (Å²) in [5.74, 6) is 5.57. The van der Waals surface area contributed by atoms with Crippen LogP contribution in [0.15, 0.2) is 18.5 Å². The van der Waals surface area contributed by atoms with Crippen molar-refractivity contribution in [3.63, 3.8) is 0 Å². The van der Waals surface area contributed by atoms with Gasteiger partial charge in [-0.3, -0.25) is 9.78 Å². The van der Waals surface area contributed by atoms with Crippen molar-refractivity contribution >= 4 is 5.91 Å². The molecule has 1 amide bonds. The van der Waals surface area contributed by atoms with Gasteiger partial charge in [0.2, 0.25) is 0 Å². The Balaban J connectivity index is 2.42. The van der Waals surface area contributed by atoms with E-state index in [-0.39, 0.29) is 12.5 Å². The van der Waals surface area contributed by atoms with Gasteiger partial charge in [0.1, 0.15) is 6.61 Å². The molecule has 0 spiro atoms. The summed E-state index contributed by atoms with van der Waals surface area (Å²) in [6.45, 7) is 5.86. The Bertz CT molecular complexity index is 504. The van der Waals surface area contributed by atoms with Crippen LogP contribution in [-0.2, 0) is 4.74 Å². The van der Waals surface area contributed by atoms with Crippen molar-refractivity contribution in [1.29, 1.82) is 0 Å². The van der Waals surface area contributed by atoms with Gasteiger partial charge in [-0.15, -0.1) is 0 Å². The summed E-state index contributed by atoms with van der Waals surface area (Å²) >= 11 is 0. The molecule has 1 aromatic heterocycles. The molecular formula is C16H22N2O3. The van der Waals surface area contributed by atoms with Crippen LogP contribution in [0.2, 0.25) is 0 Å². The summed E-state index contributed by atoms with van der Waals surface area (Å²) in [7, 11) is 0. The highest BCUT2D eigenvalue weighted by atomic mass is 16.5. The first-order valence-electron chi connectivity index (χ1n) is 7.04. The summed E-state index contributed by atoms with van der Waals surface area (Å²) in [6.07, 6.45) is 3.83. The van der Waals surface area contributed by atoms with Crippen molar-refractivity contribution in [3.05, 3.63) is 29.6 Å². The lowest BCUT2D eigenvalue weighted by Gasteiger charge is -2.08. The predicted octanol–water partition coefficient (Wildman–Crippen LogP) is 1.22. The second-order valence-corrected chi connectivity index (χ2v) is 4.96. The van der Waals surface area contributed by atoms with E-state index in [2.05, 4.69) is 36.0 Å². The minimum atomic E-state index is -0.247. The van der Waals surface area contributed by atoms with E-state index in [4.69, 9.17) is 9.84 Å². The van der Waals surface area contributed by atoms with Crippen LogP contribution in [0.25, 0.3) is 0 Å². The highest BCUT2D eigenvalue weighted by Crippen LogP contribution is 2.05. The van der Waals surface area contributed by atoms with E-state index in [0.717, 1.165) is 13.0 Å². The first-order chi connectivity index (χ1) is 10.1. The lowest BCUT2D eigenvalue weighted by molar-refractivity contribution is 0.0924. The number of aliphatic hydroxyl groups is 1. The fourth-order valence-corrected chi connectivity index (χ4v) is 1.62. The lowest BCUT2D eigenvalue weighted by Crippen LogP contribution is -2.26. The number of amides is 1. The van der Waals surface area contributed by atoms with Crippen molar-refractivity contribution in [3.8, 4) is 11.8 Å². The minimum Gasteiger partial charge on any atom is -0.384 e. The average Bonchev–Trinajstić information content (AvgIpc) is 2.48. The van der Waals surface area contributed by atoms with Crippen LogP contribution in [0.1, 0.15) is 36.2 Å². The van der Waals surface area contributed by atoms with Crippen molar-refractivity contribution < 1.29 is 14.6 Å². The molecule has 0 aromatic carbocycles. The van der Waals surface area contributed by atoms with Crippen molar-refractivity contribution in [1.82, 2.24) is 10.3 Å². The fraction of sp³-hybridized carbons (Fsp3) is 0.500. The molecule has 0 saturated carbocycles. The first-order valence-corrected chi connectivity index (χ1v) is 7.04. The van der Waals surface area contributed by atoms with Gasteiger partial charge in [0.05, 0.1) is 11.1 Å². The van der Waals surface area contributed by atoms with E-state index in [1.54, 1.807) is 12.3 Å². The molecule has 0 aliphatic rings. The molecule has 0 saturated heterocycles. The second-order valence-electron chi connectivity index (χ2n) is 4.96. The third kappa shape index (κ3) is 6.89. The number of hydrogen-bond donors (Lipinski definition) is 2. The van der Waals surface area contributed by atoms with E-state index in [1.165, 1.54) is 6.20 Å². The zero-order chi connectivity index (χ0) is 15.5. The summed E-state index contributed by atoms with van der Waals surface area (Å²) in [5, 5.41) is 11.5. The molecule has 2 N–H and O–H groups in total. The van der Waals surface area contributed by atoms with Gasteiger partial charge in [0.15, 0.2) is 0 Å². The Labute approximate surface area is 125 Å². The van der Waals surface area contributed by atoms with Crippen molar-refractivity contribution in [2.45, 2.75) is 20.3 Å². The third-order valence-electron chi connectivity index (χ3n) is 2.57. The highest BCUT2D eigenvalue weighted by molar-refractivity contribution is 5.96. The van der Waals surface area contributed by atoms with Gasteiger partial charge in [0, 0.05) is 32.2 Å². The summed E-state index contributed by atoms with van der Waals surface area (Å²) in [4.78, 5) is 16.0. The molecule has 0 bridgehead atoms. The third-order valence-corrected chi connectivity index (χ3v) is 2.57. The van der Waals surface area contributed by atoms with Crippen LogP contribution in [-0.4, -0.2) is 42.4 Å². The molecule has 0 aliphatic carbocycles. The van der Waals surface area contributed by atoms with Crippen LogP contribution in [0.3, 0.4) is 0 Å². The van der Waals surface area contributed by atoms with E-state index in [0.29, 0.717) is 30.2 Å². The number of aromatic nitrogens is 1. The van der Waals surface area contributed by atoms with Crippen LogP contribution in [0.4, 0.5) is 0 Å². The van der Waals surface area contributed by atoms with Gasteiger partial charge in [-0.1, -0.05) is 25.7 Å². The van der Waals surface area contributed by atoms with Crippen LogP contribution in [0, 0.1) is 17.8 Å². The summed E-state index contributed by atoms with van der Waals surface area (Å²) < 4.78 is 5.45. The van der Waals surface area contributed by atoms with E-state index in [9.17, 15) is 4.79 Å². The van der Waals surface area contributed by atoms with Gasteiger partial charge in [-0.2, -0.15) is 0 Å². The normalized spacial score (nSPS) is 10.1. The number of aliphatic hydroxyl groups excluding tert-OH is 1. The van der Waals surface area contributed by atoms with E-state index in [1.807, 2.05) is 0 Å². The molecule has 21 heavy (non-hydrogen) atoms.